The van der Waals surface area contributed by atoms with Crippen molar-refractivity contribution < 1.29 is 13.9 Å². The van der Waals surface area contributed by atoms with E-state index in [4.69, 9.17) is 9.47 Å². The highest BCUT2D eigenvalue weighted by Gasteiger charge is 2.36. The van der Waals surface area contributed by atoms with E-state index in [9.17, 15) is 9.60 Å². The minimum absolute atomic E-state index is 0.194. The Balaban J connectivity index is 1.45. The lowest BCUT2D eigenvalue weighted by Gasteiger charge is -2.42. The number of hydrogen-bond acceptors (Lipinski definition) is 4. The van der Waals surface area contributed by atoms with Crippen molar-refractivity contribution in [3.63, 3.8) is 0 Å². The van der Waals surface area contributed by atoms with Crippen LogP contribution in [0.2, 0.25) is 0 Å². The molecule has 5 rings (SSSR count). The van der Waals surface area contributed by atoms with Gasteiger partial charge in [0.15, 0.2) is 5.69 Å². The maximum atomic E-state index is 13.8. The van der Waals surface area contributed by atoms with Crippen LogP contribution in [0, 0.1) is 16.9 Å². The average molecular weight is 368 g/mol. The summed E-state index contributed by atoms with van der Waals surface area (Å²) in [5.41, 5.74) is 3.20. The van der Waals surface area contributed by atoms with Crippen molar-refractivity contribution in [1.82, 2.24) is 4.76 Å². The first-order valence-corrected chi connectivity index (χ1v) is 9.44. The van der Waals surface area contributed by atoms with Crippen LogP contribution in [-0.4, -0.2) is 31.6 Å². The molecule has 1 fully saturated rings. The second kappa shape index (κ2) is 6.41. The van der Waals surface area contributed by atoms with Crippen LogP contribution >= 0.6 is 0 Å². The summed E-state index contributed by atoms with van der Waals surface area (Å²) in [4.78, 5) is 0. The minimum atomic E-state index is -0.756. The van der Waals surface area contributed by atoms with Gasteiger partial charge in [0.25, 0.3) is 0 Å². The molecule has 2 aromatic rings. The fourth-order valence-corrected chi connectivity index (χ4v) is 3.98. The maximum absolute atomic E-state index is 13.8. The van der Waals surface area contributed by atoms with Crippen molar-refractivity contribution in [2.24, 2.45) is 11.0 Å². The van der Waals surface area contributed by atoms with E-state index in [2.05, 4.69) is 5.10 Å². The van der Waals surface area contributed by atoms with Crippen LogP contribution < -0.4 is 9.49 Å². The van der Waals surface area contributed by atoms with E-state index >= 15 is 0 Å². The van der Waals surface area contributed by atoms with Crippen LogP contribution in [0.1, 0.15) is 24.0 Å². The van der Waals surface area contributed by atoms with Crippen molar-refractivity contribution in [3.05, 3.63) is 64.6 Å². The van der Waals surface area contributed by atoms with E-state index in [-0.39, 0.29) is 17.8 Å². The van der Waals surface area contributed by atoms with Crippen molar-refractivity contribution in [2.75, 3.05) is 19.8 Å². The molecule has 0 saturated carbocycles. The summed E-state index contributed by atoms with van der Waals surface area (Å²) < 4.78 is 23.8. The van der Waals surface area contributed by atoms with Crippen molar-refractivity contribution in [2.45, 2.75) is 25.4 Å². The Hall–Kier alpha value is -2.28. The first-order chi connectivity index (χ1) is 13.1. The van der Waals surface area contributed by atoms with Gasteiger partial charge in [-0.15, -0.1) is 0 Å². The predicted octanol–water partition coefficient (Wildman–Crippen LogP) is 3.78. The molecular weight excluding hydrogens is 347 g/mol. The normalized spacial score (nSPS) is 28.7. The van der Waals surface area contributed by atoms with E-state index in [1.165, 1.54) is 12.1 Å². The number of quaternary nitrogens is 1. The summed E-state index contributed by atoms with van der Waals surface area (Å²) in [6, 6.07) is 12.0. The number of nitrogens with zero attached hydrogens (tertiary/aromatic N) is 2. The summed E-state index contributed by atoms with van der Waals surface area (Å²) in [5.74, 6) is 0.668. The van der Waals surface area contributed by atoms with Crippen LogP contribution in [0.15, 0.2) is 47.6 Å². The van der Waals surface area contributed by atoms with Crippen molar-refractivity contribution in [3.8, 4) is 5.75 Å². The molecule has 2 heterocycles. The molecule has 1 aliphatic carbocycles. The molecule has 3 aliphatic rings. The van der Waals surface area contributed by atoms with Gasteiger partial charge in [-0.2, -0.15) is 4.76 Å². The molecule has 27 heavy (non-hydrogen) atoms. The van der Waals surface area contributed by atoms with E-state index in [1.54, 1.807) is 24.3 Å². The van der Waals surface area contributed by atoms with Gasteiger partial charge in [-0.25, -0.2) is 4.39 Å². The zero-order valence-corrected chi connectivity index (χ0v) is 14.9. The molecule has 140 valence electrons. The lowest BCUT2D eigenvalue weighted by Crippen LogP contribution is -2.46. The summed E-state index contributed by atoms with van der Waals surface area (Å²) in [6.45, 7) is 1.68. The second-order valence-electron chi connectivity index (χ2n) is 7.50. The quantitative estimate of drug-likeness (QED) is 0.469. The first kappa shape index (κ1) is 16.9. The molecular formula is C21H21FN2O3. The highest BCUT2D eigenvalue weighted by atomic mass is 19.1. The molecule has 3 unspecified atom stereocenters. The zero-order chi connectivity index (χ0) is 18.4. The lowest BCUT2D eigenvalue weighted by atomic mass is 9.79. The molecule has 5 nitrogen and oxygen atoms in total. The summed E-state index contributed by atoms with van der Waals surface area (Å²) >= 11 is 0. The van der Waals surface area contributed by atoms with Crippen LogP contribution in [0.3, 0.4) is 0 Å². The summed E-state index contributed by atoms with van der Waals surface area (Å²) in [7, 11) is 0. The zero-order valence-electron chi connectivity index (χ0n) is 14.9. The number of rotatable bonds is 4. The molecule has 0 N–H and O–H groups in total. The van der Waals surface area contributed by atoms with Crippen LogP contribution in [-0.2, 0) is 11.2 Å². The Kier molecular flexibility index (Phi) is 4.00. The van der Waals surface area contributed by atoms with Gasteiger partial charge in [-0.05, 0) is 42.7 Å². The predicted molar refractivity (Wildman–Crippen MR) is 101 cm³/mol. The van der Waals surface area contributed by atoms with E-state index in [0.29, 0.717) is 24.6 Å². The number of hydrogen-bond donors (Lipinski definition) is 0. The Morgan fingerprint density at radius 3 is 2.78 bits per heavy atom. The van der Waals surface area contributed by atoms with E-state index in [1.807, 2.05) is 6.07 Å². The molecule has 6 heteroatoms. The smallest absolute Gasteiger partial charge is 0.159 e. The van der Waals surface area contributed by atoms with E-state index in [0.717, 1.165) is 42.7 Å². The maximum Gasteiger partial charge on any atom is 0.159 e. The molecule has 1 saturated heterocycles. The SMILES string of the molecule is [O-][N+]1(c2ccc(OCC3CO3)cc2)CCC2CCc3ccc(F)cc3C2=N1. The van der Waals surface area contributed by atoms with Crippen molar-refractivity contribution in [1.29, 1.82) is 0 Å². The van der Waals surface area contributed by atoms with Gasteiger partial charge in [0, 0.05) is 30.0 Å². The molecule has 2 aromatic carbocycles. The number of fused-ring (bicyclic) bond motifs is 3. The molecule has 0 amide bonds. The highest BCUT2D eigenvalue weighted by Crippen LogP contribution is 2.37. The molecule has 0 radical (unpaired) electrons. The molecule has 3 atom stereocenters. The third kappa shape index (κ3) is 3.25. The van der Waals surface area contributed by atoms with Gasteiger partial charge in [0.05, 0.1) is 6.61 Å². The lowest BCUT2D eigenvalue weighted by molar-refractivity contribution is 0.262. The van der Waals surface area contributed by atoms with Gasteiger partial charge < -0.3 is 14.7 Å². The number of aryl methyl sites for hydroxylation is 1. The Labute approximate surface area is 157 Å². The van der Waals surface area contributed by atoms with Gasteiger partial charge in [0.2, 0.25) is 0 Å². The Morgan fingerprint density at radius 2 is 2.00 bits per heavy atom. The topological polar surface area (TPSA) is 57.2 Å². The Bertz CT molecular complexity index is 895. The van der Waals surface area contributed by atoms with E-state index < -0.39 is 4.76 Å². The van der Waals surface area contributed by atoms with Crippen LogP contribution in [0.25, 0.3) is 0 Å². The molecule has 2 aliphatic heterocycles. The number of epoxide rings is 1. The second-order valence-corrected chi connectivity index (χ2v) is 7.50. The fraction of sp³-hybridized carbons (Fsp3) is 0.381. The standard InChI is InChI=1S/C21H21FN2O3/c22-16-4-3-14-1-2-15-9-10-24(25,23-21(15)20(14)11-16)17-5-7-18(8-6-17)26-12-19-13-27-19/h3-8,11,15,19H,1-2,9-10,12-13H2. The fourth-order valence-electron chi connectivity index (χ4n) is 3.98. The third-order valence-corrected chi connectivity index (χ3v) is 5.63. The number of ether oxygens (including phenoxy) is 2. The third-order valence-electron chi connectivity index (χ3n) is 5.63. The van der Waals surface area contributed by atoms with Gasteiger partial charge >= 0.3 is 0 Å². The van der Waals surface area contributed by atoms with Gasteiger partial charge in [0.1, 0.15) is 36.5 Å². The molecule has 0 bridgehead atoms. The molecule has 0 aromatic heterocycles. The minimum Gasteiger partial charge on any atom is -0.599 e. The van der Waals surface area contributed by atoms with Gasteiger partial charge in [-0.3, -0.25) is 0 Å². The number of halogens is 1. The Morgan fingerprint density at radius 1 is 1.19 bits per heavy atom. The molecule has 0 spiro atoms. The first-order valence-electron chi connectivity index (χ1n) is 9.44. The van der Waals surface area contributed by atoms with Crippen molar-refractivity contribution >= 4 is 11.4 Å². The largest absolute Gasteiger partial charge is 0.599 e. The highest BCUT2D eigenvalue weighted by molar-refractivity contribution is 6.05. The van der Waals surface area contributed by atoms with Crippen LogP contribution in [0.5, 0.6) is 5.75 Å². The van der Waals surface area contributed by atoms with Crippen LogP contribution in [0.4, 0.5) is 10.1 Å². The number of hydroxylamine groups is 1. The van der Waals surface area contributed by atoms with Gasteiger partial charge in [-0.1, -0.05) is 11.2 Å². The average Bonchev–Trinajstić information content (AvgIpc) is 3.51. The number of benzene rings is 2. The summed E-state index contributed by atoms with van der Waals surface area (Å²) in [6.07, 6.45) is 2.83. The summed E-state index contributed by atoms with van der Waals surface area (Å²) in [5, 5.41) is 18.0. The monoisotopic (exact) mass is 368 g/mol.